The number of nitrogens with one attached hydrogen (secondary N) is 2. The smallest absolute Gasteiger partial charge is 0.134 e. The number of hydrogen-bond donors (Lipinski definition) is 2. The minimum atomic E-state index is 0.413. The standard InChI is InChI=1S/C15H26N4O/c1-3-8-16-14-12(2)15(19-11-18-14)17-9-7-13-6-4-5-10-20-13/h11,13H,3-10H2,1-2H3,(H2,16,17,18,19). The van der Waals surface area contributed by atoms with Crippen LogP contribution in [0, 0.1) is 6.92 Å². The summed E-state index contributed by atoms with van der Waals surface area (Å²) < 4.78 is 5.74. The molecule has 1 aromatic heterocycles. The van der Waals surface area contributed by atoms with Crippen LogP contribution in [0.15, 0.2) is 6.33 Å². The summed E-state index contributed by atoms with van der Waals surface area (Å²) in [4.78, 5) is 8.61. The summed E-state index contributed by atoms with van der Waals surface area (Å²) >= 11 is 0. The lowest BCUT2D eigenvalue weighted by molar-refractivity contribution is 0.0134. The Morgan fingerprint density at radius 1 is 1.20 bits per heavy atom. The Labute approximate surface area is 121 Å². The molecule has 1 aliphatic heterocycles. The van der Waals surface area contributed by atoms with Crippen molar-refractivity contribution in [2.45, 2.75) is 52.1 Å². The first-order valence-electron chi connectivity index (χ1n) is 7.72. The van der Waals surface area contributed by atoms with Crippen LogP contribution in [-0.2, 0) is 4.74 Å². The van der Waals surface area contributed by atoms with Crippen molar-refractivity contribution in [1.82, 2.24) is 9.97 Å². The van der Waals surface area contributed by atoms with Gasteiger partial charge in [0, 0.05) is 25.3 Å². The van der Waals surface area contributed by atoms with Crippen molar-refractivity contribution in [2.75, 3.05) is 30.3 Å². The van der Waals surface area contributed by atoms with E-state index in [1.54, 1.807) is 6.33 Å². The zero-order valence-electron chi connectivity index (χ0n) is 12.6. The van der Waals surface area contributed by atoms with E-state index in [2.05, 4.69) is 34.4 Å². The molecule has 20 heavy (non-hydrogen) atoms. The first-order valence-corrected chi connectivity index (χ1v) is 7.72. The van der Waals surface area contributed by atoms with Gasteiger partial charge >= 0.3 is 0 Å². The molecule has 0 amide bonds. The average Bonchev–Trinajstić information content (AvgIpc) is 2.49. The molecular weight excluding hydrogens is 252 g/mol. The molecule has 1 aliphatic rings. The van der Waals surface area contributed by atoms with Gasteiger partial charge in [0.15, 0.2) is 0 Å². The second-order valence-electron chi connectivity index (χ2n) is 5.33. The lowest BCUT2D eigenvalue weighted by Crippen LogP contribution is -2.22. The Hall–Kier alpha value is -1.36. The molecule has 112 valence electrons. The third-order valence-electron chi connectivity index (χ3n) is 3.66. The molecule has 1 atom stereocenters. The third kappa shape index (κ3) is 4.34. The lowest BCUT2D eigenvalue weighted by atomic mass is 10.1. The van der Waals surface area contributed by atoms with Crippen molar-refractivity contribution < 1.29 is 4.74 Å². The van der Waals surface area contributed by atoms with Gasteiger partial charge < -0.3 is 15.4 Å². The predicted molar refractivity (Wildman–Crippen MR) is 82.2 cm³/mol. The molecule has 0 radical (unpaired) electrons. The predicted octanol–water partition coefficient (Wildman–Crippen LogP) is 2.98. The molecule has 0 bridgehead atoms. The number of rotatable bonds is 7. The van der Waals surface area contributed by atoms with Gasteiger partial charge in [0.2, 0.25) is 0 Å². The summed E-state index contributed by atoms with van der Waals surface area (Å²) in [5, 5.41) is 6.73. The Balaban J connectivity index is 1.82. The molecule has 5 heteroatoms. The monoisotopic (exact) mass is 278 g/mol. The molecule has 0 aliphatic carbocycles. The van der Waals surface area contributed by atoms with Gasteiger partial charge in [-0.25, -0.2) is 9.97 Å². The molecule has 2 N–H and O–H groups in total. The number of ether oxygens (including phenoxy) is 1. The molecule has 1 unspecified atom stereocenters. The summed E-state index contributed by atoms with van der Waals surface area (Å²) in [6, 6.07) is 0. The van der Waals surface area contributed by atoms with Crippen molar-refractivity contribution >= 4 is 11.6 Å². The van der Waals surface area contributed by atoms with Crippen LogP contribution in [0.1, 0.15) is 44.6 Å². The lowest BCUT2D eigenvalue weighted by Gasteiger charge is -2.22. The van der Waals surface area contributed by atoms with Crippen LogP contribution in [-0.4, -0.2) is 35.8 Å². The van der Waals surface area contributed by atoms with E-state index in [1.165, 1.54) is 19.3 Å². The van der Waals surface area contributed by atoms with E-state index in [0.29, 0.717) is 6.10 Å². The van der Waals surface area contributed by atoms with Gasteiger partial charge in [0.05, 0.1) is 6.10 Å². The van der Waals surface area contributed by atoms with Crippen LogP contribution < -0.4 is 10.6 Å². The highest BCUT2D eigenvalue weighted by Crippen LogP contribution is 2.19. The van der Waals surface area contributed by atoms with E-state index in [-0.39, 0.29) is 0 Å². The quantitative estimate of drug-likeness (QED) is 0.803. The van der Waals surface area contributed by atoms with Crippen molar-refractivity contribution in [1.29, 1.82) is 0 Å². The van der Waals surface area contributed by atoms with E-state index in [9.17, 15) is 0 Å². The van der Waals surface area contributed by atoms with Crippen molar-refractivity contribution in [3.05, 3.63) is 11.9 Å². The average molecular weight is 278 g/mol. The fourth-order valence-electron chi connectivity index (χ4n) is 2.44. The second-order valence-corrected chi connectivity index (χ2v) is 5.33. The molecular formula is C15H26N4O. The number of hydrogen-bond acceptors (Lipinski definition) is 5. The van der Waals surface area contributed by atoms with Crippen LogP contribution >= 0.6 is 0 Å². The normalized spacial score (nSPS) is 18.8. The van der Waals surface area contributed by atoms with Gasteiger partial charge in [0.1, 0.15) is 18.0 Å². The molecule has 0 saturated carbocycles. The number of anilines is 2. The Kier molecular flexibility index (Phi) is 6.05. The molecule has 5 nitrogen and oxygen atoms in total. The maximum Gasteiger partial charge on any atom is 0.134 e. The van der Waals surface area contributed by atoms with E-state index >= 15 is 0 Å². The van der Waals surface area contributed by atoms with Crippen LogP contribution in [0.3, 0.4) is 0 Å². The zero-order chi connectivity index (χ0) is 14.2. The van der Waals surface area contributed by atoms with Gasteiger partial charge in [-0.3, -0.25) is 0 Å². The minimum absolute atomic E-state index is 0.413. The van der Waals surface area contributed by atoms with Gasteiger partial charge in [-0.15, -0.1) is 0 Å². The fourth-order valence-corrected chi connectivity index (χ4v) is 2.44. The van der Waals surface area contributed by atoms with Crippen LogP contribution in [0.5, 0.6) is 0 Å². The molecule has 0 spiro atoms. The second kappa shape index (κ2) is 8.04. The number of nitrogens with zero attached hydrogens (tertiary/aromatic N) is 2. The Bertz CT molecular complexity index is 405. The van der Waals surface area contributed by atoms with Crippen LogP contribution in [0.2, 0.25) is 0 Å². The van der Waals surface area contributed by atoms with E-state index in [4.69, 9.17) is 4.74 Å². The van der Waals surface area contributed by atoms with E-state index in [1.807, 2.05) is 0 Å². The highest BCUT2D eigenvalue weighted by Gasteiger charge is 2.13. The Morgan fingerprint density at radius 3 is 2.60 bits per heavy atom. The maximum atomic E-state index is 5.74. The third-order valence-corrected chi connectivity index (χ3v) is 3.66. The topological polar surface area (TPSA) is 59.1 Å². The minimum Gasteiger partial charge on any atom is -0.378 e. The van der Waals surface area contributed by atoms with Crippen molar-refractivity contribution in [3.8, 4) is 0 Å². The first kappa shape index (κ1) is 15.0. The molecule has 1 fully saturated rings. The fraction of sp³-hybridized carbons (Fsp3) is 0.733. The molecule has 0 aromatic carbocycles. The van der Waals surface area contributed by atoms with Crippen LogP contribution in [0.25, 0.3) is 0 Å². The molecule has 2 heterocycles. The SMILES string of the molecule is CCCNc1ncnc(NCCC2CCCCO2)c1C. The molecule has 1 aromatic rings. The molecule has 1 saturated heterocycles. The highest BCUT2D eigenvalue weighted by molar-refractivity contribution is 5.56. The van der Waals surface area contributed by atoms with Crippen LogP contribution in [0.4, 0.5) is 11.6 Å². The largest absolute Gasteiger partial charge is 0.378 e. The van der Waals surface area contributed by atoms with E-state index in [0.717, 1.165) is 49.7 Å². The first-order chi connectivity index (χ1) is 9.81. The zero-order valence-corrected chi connectivity index (χ0v) is 12.6. The number of aromatic nitrogens is 2. The van der Waals surface area contributed by atoms with Gasteiger partial charge in [-0.2, -0.15) is 0 Å². The summed E-state index contributed by atoms with van der Waals surface area (Å²) in [5.74, 6) is 1.85. The summed E-state index contributed by atoms with van der Waals surface area (Å²) in [5.41, 5.74) is 1.09. The summed E-state index contributed by atoms with van der Waals surface area (Å²) in [6.45, 7) is 6.95. The summed E-state index contributed by atoms with van der Waals surface area (Å²) in [7, 11) is 0. The molecule has 2 rings (SSSR count). The van der Waals surface area contributed by atoms with Gasteiger partial charge in [-0.1, -0.05) is 6.92 Å². The van der Waals surface area contributed by atoms with Gasteiger partial charge in [-0.05, 0) is 39.0 Å². The van der Waals surface area contributed by atoms with Crippen molar-refractivity contribution in [3.63, 3.8) is 0 Å². The van der Waals surface area contributed by atoms with Gasteiger partial charge in [0.25, 0.3) is 0 Å². The van der Waals surface area contributed by atoms with Crippen molar-refractivity contribution in [2.24, 2.45) is 0 Å². The van der Waals surface area contributed by atoms with E-state index < -0.39 is 0 Å². The Morgan fingerprint density at radius 2 is 1.95 bits per heavy atom. The highest BCUT2D eigenvalue weighted by atomic mass is 16.5. The summed E-state index contributed by atoms with van der Waals surface area (Å²) in [6.07, 6.45) is 7.85. The maximum absolute atomic E-state index is 5.74.